The first-order chi connectivity index (χ1) is 9.63. The van der Waals surface area contributed by atoms with E-state index >= 15 is 0 Å². The summed E-state index contributed by atoms with van der Waals surface area (Å²) in [6.07, 6.45) is 0.691. The van der Waals surface area contributed by atoms with Crippen molar-refractivity contribution in [2.24, 2.45) is 0 Å². The number of aromatic nitrogens is 3. The van der Waals surface area contributed by atoms with E-state index in [-0.39, 0.29) is 17.5 Å². The van der Waals surface area contributed by atoms with Crippen LogP contribution in [0.1, 0.15) is 35.9 Å². The Kier molecular flexibility index (Phi) is 4.45. The van der Waals surface area contributed by atoms with Crippen LogP contribution in [0, 0.1) is 5.82 Å². The third-order valence-corrected chi connectivity index (χ3v) is 2.99. The van der Waals surface area contributed by atoms with Crippen LogP contribution in [-0.4, -0.2) is 32.5 Å². The molecule has 0 bridgehead atoms. The monoisotopic (exact) mass is 276 g/mol. The van der Waals surface area contributed by atoms with Gasteiger partial charge in [0.1, 0.15) is 11.6 Å². The van der Waals surface area contributed by atoms with Crippen LogP contribution in [0.25, 0.3) is 0 Å². The maximum Gasteiger partial charge on any atom is 0.293 e. The Bertz CT molecular complexity index is 596. The third kappa shape index (κ3) is 3.20. The molecule has 1 aromatic heterocycles. The van der Waals surface area contributed by atoms with Gasteiger partial charge < -0.3 is 4.90 Å². The molecule has 2 rings (SSSR count). The van der Waals surface area contributed by atoms with Gasteiger partial charge in [0.25, 0.3) is 5.91 Å². The molecule has 1 N–H and O–H groups in total. The van der Waals surface area contributed by atoms with Crippen LogP contribution < -0.4 is 0 Å². The number of aryl methyl sites for hydroxylation is 1. The highest BCUT2D eigenvalue weighted by atomic mass is 19.1. The van der Waals surface area contributed by atoms with Crippen molar-refractivity contribution in [3.05, 3.63) is 47.3 Å². The number of rotatable bonds is 5. The standard InChI is InChI=1S/C14H17FN4O/c1-3-12-16-13(18-17-12)14(20)19(4-2)9-10-6-5-7-11(15)8-10/h5-8H,3-4,9H2,1-2H3,(H,16,17,18). The summed E-state index contributed by atoms with van der Waals surface area (Å²) in [4.78, 5) is 18.0. The van der Waals surface area contributed by atoms with E-state index in [0.29, 0.717) is 25.3 Å². The summed E-state index contributed by atoms with van der Waals surface area (Å²) < 4.78 is 13.2. The molecule has 0 aliphatic rings. The number of nitrogens with zero attached hydrogens (tertiary/aromatic N) is 3. The van der Waals surface area contributed by atoms with E-state index in [2.05, 4.69) is 15.2 Å². The van der Waals surface area contributed by atoms with Gasteiger partial charge in [0.05, 0.1) is 0 Å². The third-order valence-electron chi connectivity index (χ3n) is 2.99. The minimum Gasteiger partial charge on any atom is -0.332 e. The molecule has 0 unspecified atom stereocenters. The summed E-state index contributed by atoms with van der Waals surface area (Å²) in [5, 5.41) is 6.63. The average molecular weight is 276 g/mol. The van der Waals surface area contributed by atoms with Gasteiger partial charge in [-0.15, -0.1) is 5.10 Å². The first-order valence-electron chi connectivity index (χ1n) is 6.59. The minimum absolute atomic E-state index is 0.153. The lowest BCUT2D eigenvalue weighted by Gasteiger charge is -2.19. The normalized spacial score (nSPS) is 10.6. The van der Waals surface area contributed by atoms with Gasteiger partial charge in [-0.05, 0) is 24.6 Å². The maximum absolute atomic E-state index is 13.2. The van der Waals surface area contributed by atoms with Crippen molar-refractivity contribution >= 4 is 5.91 Å². The second-order valence-electron chi connectivity index (χ2n) is 4.41. The Labute approximate surface area is 116 Å². The van der Waals surface area contributed by atoms with Crippen LogP contribution >= 0.6 is 0 Å². The Morgan fingerprint density at radius 3 is 2.80 bits per heavy atom. The van der Waals surface area contributed by atoms with E-state index in [0.717, 1.165) is 5.56 Å². The van der Waals surface area contributed by atoms with E-state index in [1.165, 1.54) is 12.1 Å². The van der Waals surface area contributed by atoms with Crippen molar-refractivity contribution < 1.29 is 9.18 Å². The number of carbonyl (C=O) groups is 1. The topological polar surface area (TPSA) is 61.9 Å². The van der Waals surface area contributed by atoms with Crippen molar-refractivity contribution in [1.82, 2.24) is 20.1 Å². The summed E-state index contributed by atoms with van der Waals surface area (Å²) in [6.45, 7) is 4.64. The maximum atomic E-state index is 13.2. The van der Waals surface area contributed by atoms with Crippen LogP contribution in [0.5, 0.6) is 0 Å². The molecule has 0 aliphatic heterocycles. The predicted molar refractivity (Wildman–Crippen MR) is 72.6 cm³/mol. The fourth-order valence-corrected chi connectivity index (χ4v) is 1.87. The molecule has 0 fully saturated rings. The Balaban J connectivity index is 2.13. The van der Waals surface area contributed by atoms with Gasteiger partial charge in [0, 0.05) is 19.5 Å². The van der Waals surface area contributed by atoms with Crippen molar-refractivity contribution in [3.8, 4) is 0 Å². The highest BCUT2D eigenvalue weighted by Crippen LogP contribution is 2.09. The Morgan fingerprint density at radius 2 is 2.20 bits per heavy atom. The van der Waals surface area contributed by atoms with Gasteiger partial charge in [0.2, 0.25) is 5.82 Å². The molecule has 0 atom stereocenters. The largest absolute Gasteiger partial charge is 0.332 e. The van der Waals surface area contributed by atoms with E-state index in [9.17, 15) is 9.18 Å². The van der Waals surface area contributed by atoms with E-state index in [4.69, 9.17) is 0 Å². The molecule has 0 saturated carbocycles. The Hall–Kier alpha value is -2.24. The number of benzene rings is 1. The Morgan fingerprint density at radius 1 is 1.40 bits per heavy atom. The molecule has 20 heavy (non-hydrogen) atoms. The molecule has 1 heterocycles. The molecule has 2 aromatic rings. The van der Waals surface area contributed by atoms with Gasteiger partial charge in [0.15, 0.2) is 0 Å². The van der Waals surface area contributed by atoms with Gasteiger partial charge in [-0.2, -0.15) is 0 Å². The number of hydrogen-bond acceptors (Lipinski definition) is 3. The van der Waals surface area contributed by atoms with E-state index in [1.54, 1.807) is 17.0 Å². The first kappa shape index (κ1) is 14.2. The van der Waals surface area contributed by atoms with Crippen LogP contribution in [-0.2, 0) is 13.0 Å². The zero-order valence-corrected chi connectivity index (χ0v) is 11.6. The van der Waals surface area contributed by atoms with Gasteiger partial charge in [-0.3, -0.25) is 9.89 Å². The van der Waals surface area contributed by atoms with Crippen LogP contribution in [0.4, 0.5) is 4.39 Å². The van der Waals surface area contributed by atoms with Crippen molar-refractivity contribution in [2.45, 2.75) is 26.8 Å². The number of nitrogens with one attached hydrogen (secondary N) is 1. The highest BCUT2D eigenvalue weighted by Gasteiger charge is 2.19. The summed E-state index contributed by atoms with van der Waals surface area (Å²) in [6, 6.07) is 6.22. The fraction of sp³-hybridized carbons (Fsp3) is 0.357. The lowest BCUT2D eigenvalue weighted by Crippen LogP contribution is -2.31. The number of carbonyl (C=O) groups excluding carboxylic acids is 1. The second kappa shape index (κ2) is 6.27. The molecule has 1 amide bonds. The molecular weight excluding hydrogens is 259 g/mol. The number of amides is 1. The van der Waals surface area contributed by atoms with Gasteiger partial charge in [-0.25, -0.2) is 9.37 Å². The second-order valence-corrected chi connectivity index (χ2v) is 4.41. The van der Waals surface area contributed by atoms with E-state index < -0.39 is 0 Å². The molecule has 106 valence electrons. The number of H-pyrrole nitrogens is 1. The molecule has 5 nitrogen and oxygen atoms in total. The zero-order valence-electron chi connectivity index (χ0n) is 11.6. The average Bonchev–Trinajstić information content (AvgIpc) is 2.93. The molecule has 0 radical (unpaired) electrons. The van der Waals surface area contributed by atoms with Crippen LogP contribution in [0.15, 0.2) is 24.3 Å². The lowest BCUT2D eigenvalue weighted by atomic mass is 10.2. The highest BCUT2D eigenvalue weighted by molar-refractivity contribution is 5.90. The summed E-state index contributed by atoms with van der Waals surface area (Å²) in [5.41, 5.74) is 0.742. The summed E-state index contributed by atoms with van der Waals surface area (Å²) >= 11 is 0. The molecule has 0 aliphatic carbocycles. The lowest BCUT2D eigenvalue weighted by molar-refractivity contribution is 0.0740. The number of hydrogen-bond donors (Lipinski definition) is 1. The smallest absolute Gasteiger partial charge is 0.293 e. The number of aromatic amines is 1. The fourth-order valence-electron chi connectivity index (χ4n) is 1.87. The molecular formula is C14H17FN4O. The number of halogens is 1. The molecule has 0 spiro atoms. The quantitative estimate of drug-likeness (QED) is 0.910. The zero-order chi connectivity index (χ0) is 14.5. The summed E-state index contributed by atoms with van der Waals surface area (Å²) in [5.74, 6) is 0.264. The summed E-state index contributed by atoms with van der Waals surface area (Å²) in [7, 11) is 0. The van der Waals surface area contributed by atoms with Crippen LogP contribution in [0.2, 0.25) is 0 Å². The first-order valence-corrected chi connectivity index (χ1v) is 6.59. The van der Waals surface area contributed by atoms with Crippen molar-refractivity contribution in [2.75, 3.05) is 6.54 Å². The minimum atomic E-state index is -0.308. The SMILES string of the molecule is CCc1nc(C(=O)N(CC)Cc2cccc(F)c2)n[nH]1. The van der Waals surface area contributed by atoms with E-state index in [1.807, 2.05) is 13.8 Å². The molecule has 1 aromatic carbocycles. The van der Waals surface area contributed by atoms with Crippen molar-refractivity contribution in [3.63, 3.8) is 0 Å². The predicted octanol–water partition coefficient (Wildman–Crippen LogP) is 2.17. The van der Waals surface area contributed by atoms with Crippen LogP contribution in [0.3, 0.4) is 0 Å². The van der Waals surface area contributed by atoms with Gasteiger partial charge >= 0.3 is 0 Å². The van der Waals surface area contributed by atoms with Gasteiger partial charge in [-0.1, -0.05) is 19.1 Å². The molecule has 0 saturated heterocycles. The molecule has 6 heteroatoms. The van der Waals surface area contributed by atoms with Crippen molar-refractivity contribution in [1.29, 1.82) is 0 Å².